The maximum atomic E-state index is 11.1. The molecule has 0 amide bonds. The Morgan fingerprint density at radius 3 is 2.63 bits per heavy atom. The van der Waals surface area contributed by atoms with E-state index in [1.54, 1.807) is 0 Å². The molecule has 2 aliphatic heterocycles. The van der Waals surface area contributed by atoms with Crippen LogP contribution in [0.2, 0.25) is 0 Å². The van der Waals surface area contributed by atoms with Gasteiger partial charge in [0.2, 0.25) is 0 Å². The molecular formula is C15H20N2O2. The topological polar surface area (TPSA) is 52.6 Å². The summed E-state index contributed by atoms with van der Waals surface area (Å²) in [6.45, 7) is 3.75. The largest absolute Gasteiger partial charge is 0.481 e. The molecule has 0 aromatic heterocycles. The quantitative estimate of drug-likeness (QED) is 0.864. The number of carbonyl (C=O) groups is 1. The number of fused-ring (bicyclic) bond motifs is 1. The number of benzene rings is 1. The van der Waals surface area contributed by atoms with E-state index in [4.69, 9.17) is 5.11 Å². The van der Waals surface area contributed by atoms with Crippen molar-refractivity contribution in [2.75, 3.05) is 13.1 Å². The summed E-state index contributed by atoms with van der Waals surface area (Å²) >= 11 is 0. The van der Waals surface area contributed by atoms with Crippen LogP contribution in [0.3, 0.4) is 0 Å². The first-order chi connectivity index (χ1) is 9.22. The first-order valence-corrected chi connectivity index (χ1v) is 6.97. The van der Waals surface area contributed by atoms with Gasteiger partial charge in [0.1, 0.15) is 0 Å². The van der Waals surface area contributed by atoms with Crippen molar-refractivity contribution in [1.82, 2.24) is 10.2 Å². The highest BCUT2D eigenvalue weighted by molar-refractivity contribution is 5.70. The second-order valence-corrected chi connectivity index (χ2v) is 5.65. The predicted molar refractivity (Wildman–Crippen MR) is 72.7 cm³/mol. The van der Waals surface area contributed by atoms with Crippen molar-refractivity contribution in [3.8, 4) is 0 Å². The number of rotatable bonds is 3. The third-order valence-electron chi connectivity index (χ3n) is 4.23. The van der Waals surface area contributed by atoms with Gasteiger partial charge in [-0.15, -0.1) is 0 Å². The van der Waals surface area contributed by atoms with Crippen LogP contribution in [0.25, 0.3) is 0 Å². The Balaban J connectivity index is 1.57. The van der Waals surface area contributed by atoms with E-state index in [9.17, 15) is 4.79 Å². The standard InChI is InChI=1S/C15H20N2O2/c18-15(19)11-5-6-16-14(7-11)10-17-8-12-3-1-2-4-13(12)9-17/h1-4,11,14,16H,5-10H2,(H,18,19). The van der Waals surface area contributed by atoms with E-state index in [0.29, 0.717) is 6.04 Å². The van der Waals surface area contributed by atoms with Crippen LogP contribution in [0.5, 0.6) is 0 Å². The predicted octanol–water partition coefficient (Wildman–Crippen LogP) is 1.45. The molecule has 1 saturated heterocycles. The van der Waals surface area contributed by atoms with Crippen LogP contribution in [-0.2, 0) is 17.9 Å². The van der Waals surface area contributed by atoms with Crippen LogP contribution in [0.15, 0.2) is 24.3 Å². The van der Waals surface area contributed by atoms with Gasteiger partial charge in [0.25, 0.3) is 0 Å². The van der Waals surface area contributed by atoms with E-state index in [1.165, 1.54) is 11.1 Å². The zero-order valence-electron chi connectivity index (χ0n) is 11.0. The Morgan fingerprint density at radius 1 is 1.32 bits per heavy atom. The molecule has 3 rings (SSSR count). The number of carboxylic acid groups (broad SMARTS) is 1. The summed E-state index contributed by atoms with van der Waals surface area (Å²) in [5, 5.41) is 12.6. The molecule has 2 aliphatic rings. The molecule has 0 radical (unpaired) electrons. The van der Waals surface area contributed by atoms with Crippen LogP contribution in [0.1, 0.15) is 24.0 Å². The van der Waals surface area contributed by atoms with E-state index in [-0.39, 0.29) is 5.92 Å². The number of hydrogen-bond donors (Lipinski definition) is 2. The SMILES string of the molecule is O=C(O)C1CCNC(CN2Cc3ccccc3C2)C1. The maximum Gasteiger partial charge on any atom is 0.306 e. The van der Waals surface area contributed by atoms with E-state index in [2.05, 4.69) is 34.5 Å². The molecule has 2 heterocycles. The summed E-state index contributed by atoms with van der Waals surface area (Å²) in [6.07, 6.45) is 1.51. The Labute approximate surface area is 113 Å². The zero-order valence-corrected chi connectivity index (χ0v) is 11.0. The van der Waals surface area contributed by atoms with Gasteiger partial charge in [-0.1, -0.05) is 24.3 Å². The smallest absolute Gasteiger partial charge is 0.306 e. The normalized spacial score (nSPS) is 27.2. The molecule has 2 N–H and O–H groups in total. The van der Waals surface area contributed by atoms with Gasteiger partial charge in [0.05, 0.1) is 5.92 Å². The number of carboxylic acids is 1. The van der Waals surface area contributed by atoms with E-state index in [0.717, 1.165) is 39.0 Å². The van der Waals surface area contributed by atoms with Gasteiger partial charge in [0.15, 0.2) is 0 Å². The molecule has 0 aliphatic carbocycles. The fourth-order valence-electron chi connectivity index (χ4n) is 3.21. The number of hydrogen-bond acceptors (Lipinski definition) is 3. The molecular weight excluding hydrogens is 240 g/mol. The molecule has 0 spiro atoms. The average Bonchev–Trinajstić information content (AvgIpc) is 2.81. The van der Waals surface area contributed by atoms with Gasteiger partial charge in [-0.05, 0) is 30.5 Å². The average molecular weight is 260 g/mol. The van der Waals surface area contributed by atoms with Crippen molar-refractivity contribution in [3.63, 3.8) is 0 Å². The molecule has 1 fully saturated rings. The Bertz CT molecular complexity index is 450. The molecule has 2 atom stereocenters. The lowest BCUT2D eigenvalue weighted by Crippen LogP contribution is -2.46. The zero-order chi connectivity index (χ0) is 13.2. The van der Waals surface area contributed by atoms with Crippen LogP contribution < -0.4 is 5.32 Å². The maximum absolute atomic E-state index is 11.1. The minimum absolute atomic E-state index is 0.170. The van der Waals surface area contributed by atoms with Gasteiger partial charge >= 0.3 is 5.97 Å². The second kappa shape index (κ2) is 5.31. The molecule has 2 unspecified atom stereocenters. The van der Waals surface area contributed by atoms with Crippen LogP contribution in [-0.4, -0.2) is 35.1 Å². The highest BCUT2D eigenvalue weighted by atomic mass is 16.4. The Hall–Kier alpha value is -1.39. The van der Waals surface area contributed by atoms with E-state index < -0.39 is 5.97 Å². The van der Waals surface area contributed by atoms with Crippen molar-refractivity contribution in [1.29, 1.82) is 0 Å². The van der Waals surface area contributed by atoms with Crippen LogP contribution >= 0.6 is 0 Å². The van der Waals surface area contributed by atoms with E-state index >= 15 is 0 Å². The molecule has 0 saturated carbocycles. The molecule has 4 heteroatoms. The second-order valence-electron chi connectivity index (χ2n) is 5.65. The first kappa shape index (κ1) is 12.6. The Kier molecular flexibility index (Phi) is 3.53. The van der Waals surface area contributed by atoms with Crippen molar-refractivity contribution < 1.29 is 9.90 Å². The summed E-state index contributed by atoms with van der Waals surface area (Å²) in [4.78, 5) is 13.5. The fraction of sp³-hybridized carbons (Fsp3) is 0.533. The monoisotopic (exact) mass is 260 g/mol. The van der Waals surface area contributed by atoms with Crippen molar-refractivity contribution >= 4 is 5.97 Å². The van der Waals surface area contributed by atoms with Crippen LogP contribution in [0, 0.1) is 5.92 Å². The molecule has 19 heavy (non-hydrogen) atoms. The minimum atomic E-state index is -0.642. The van der Waals surface area contributed by atoms with Crippen molar-refractivity contribution in [3.05, 3.63) is 35.4 Å². The summed E-state index contributed by atoms with van der Waals surface area (Å²) in [5.41, 5.74) is 2.82. The molecule has 1 aromatic carbocycles. The third kappa shape index (κ3) is 2.80. The lowest BCUT2D eigenvalue weighted by Gasteiger charge is -2.31. The summed E-state index contributed by atoms with van der Waals surface area (Å²) in [7, 11) is 0. The highest BCUT2D eigenvalue weighted by Crippen LogP contribution is 2.24. The lowest BCUT2D eigenvalue weighted by molar-refractivity contribution is -0.143. The van der Waals surface area contributed by atoms with Crippen molar-refractivity contribution in [2.45, 2.75) is 32.0 Å². The highest BCUT2D eigenvalue weighted by Gasteiger charge is 2.29. The van der Waals surface area contributed by atoms with Gasteiger partial charge < -0.3 is 10.4 Å². The minimum Gasteiger partial charge on any atom is -0.481 e. The number of aliphatic carboxylic acids is 1. The number of nitrogens with one attached hydrogen (secondary N) is 1. The number of piperidine rings is 1. The third-order valence-corrected chi connectivity index (χ3v) is 4.23. The lowest BCUT2D eigenvalue weighted by atomic mass is 9.92. The molecule has 102 valence electrons. The Morgan fingerprint density at radius 2 is 2.00 bits per heavy atom. The van der Waals surface area contributed by atoms with Gasteiger partial charge in [-0.2, -0.15) is 0 Å². The summed E-state index contributed by atoms with van der Waals surface area (Å²) in [6, 6.07) is 8.85. The van der Waals surface area contributed by atoms with Gasteiger partial charge in [0, 0.05) is 25.7 Å². The molecule has 1 aromatic rings. The van der Waals surface area contributed by atoms with Crippen LogP contribution in [0.4, 0.5) is 0 Å². The fourth-order valence-corrected chi connectivity index (χ4v) is 3.21. The van der Waals surface area contributed by atoms with Gasteiger partial charge in [-0.25, -0.2) is 0 Å². The molecule has 4 nitrogen and oxygen atoms in total. The van der Waals surface area contributed by atoms with E-state index in [1.807, 2.05) is 0 Å². The molecule has 0 bridgehead atoms. The van der Waals surface area contributed by atoms with Crippen molar-refractivity contribution in [2.24, 2.45) is 5.92 Å². The number of nitrogens with zero attached hydrogens (tertiary/aromatic N) is 1. The van der Waals surface area contributed by atoms with Gasteiger partial charge in [-0.3, -0.25) is 9.69 Å². The summed E-state index contributed by atoms with van der Waals surface area (Å²) < 4.78 is 0. The first-order valence-electron chi connectivity index (χ1n) is 6.97. The summed E-state index contributed by atoms with van der Waals surface area (Å²) in [5.74, 6) is -0.813.